The fraction of sp³-hybridized carbons (Fsp3) is 0.587. The Morgan fingerprint density at radius 2 is 1.62 bits per heavy atom. The van der Waals surface area contributed by atoms with Crippen LogP contribution in [0, 0.1) is 6.92 Å². The van der Waals surface area contributed by atoms with E-state index in [9.17, 15) is 24.6 Å². The van der Waals surface area contributed by atoms with Crippen LogP contribution in [-0.2, 0) is 22.4 Å². The first-order chi connectivity index (χ1) is 30.0. The van der Waals surface area contributed by atoms with Gasteiger partial charge >= 0.3 is 12.2 Å². The highest BCUT2D eigenvalue weighted by Gasteiger charge is 2.20. The number of hydrogen-bond acceptors (Lipinski definition) is 14. The van der Waals surface area contributed by atoms with Crippen molar-refractivity contribution in [2.75, 3.05) is 71.3 Å². The van der Waals surface area contributed by atoms with E-state index in [1.807, 2.05) is 32.9 Å². The summed E-state index contributed by atoms with van der Waals surface area (Å²) in [4.78, 5) is 48.4. The number of anilines is 2. The minimum Gasteiger partial charge on any atom is -0.444 e. The van der Waals surface area contributed by atoms with Crippen LogP contribution in [0.4, 0.5) is 21.2 Å². The lowest BCUT2D eigenvalue weighted by atomic mass is 10.0. The van der Waals surface area contributed by atoms with Crippen LogP contribution in [0.25, 0.3) is 0 Å². The third-order valence-corrected chi connectivity index (χ3v) is 9.79. The Kier molecular flexibility index (Phi) is 27.9. The summed E-state index contributed by atoms with van der Waals surface area (Å²) in [6, 6.07) is 15.2. The van der Waals surface area contributed by atoms with Gasteiger partial charge in [0.15, 0.2) is 22.5 Å². The lowest BCUT2D eigenvalue weighted by Gasteiger charge is -2.24. The summed E-state index contributed by atoms with van der Waals surface area (Å²) >= 11 is 5.84. The van der Waals surface area contributed by atoms with E-state index in [-0.39, 0.29) is 43.0 Å². The molecule has 2 unspecified atom stereocenters. The molecule has 2 aromatic carbocycles. The molecule has 0 aliphatic rings. The summed E-state index contributed by atoms with van der Waals surface area (Å²) in [5, 5.41) is 37.2. The van der Waals surface area contributed by atoms with Gasteiger partial charge in [-0.05, 0) is 88.7 Å². The molecule has 0 saturated carbocycles. The van der Waals surface area contributed by atoms with Gasteiger partial charge in [0.2, 0.25) is 0 Å². The Labute approximate surface area is 385 Å². The molecule has 2 atom stereocenters. The lowest BCUT2D eigenvalue weighted by Crippen LogP contribution is -2.38. The van der Waals surface area contributed by atoms with Crippen LogP contribution in [0.3, 0.4) is 0 Å². The number of carbonyl (C=O) groups excluding carboxylic acids is 3. The van der Waals surface area contributed by atoms with Crippen LogP contribution >= 0.6 is 11.6 Å². The number of ether oxygens (including phenoxy) is 3. The zero-order chi connectivity index (χ0) is 46.8. The number of nitrogen functional groups attached to an aromatic ring is 1. The number of aliphatic hydroxyl groups excluding tert-OH is 3. The lowest BCUT2D eigenvalue weighted by molar-refractivity contribution is -0.0530. The number of aryl methyl sites for hydroxylation is 2. The first-order valence-electron chi connectivity index (χ1n) is 21.5. The van der Waals surface area contributed by atoms with Crippen LogP contribution in [0.1, 0.15) is 107 Å². The normalized spacial score (nSPS) is 11.9. The van der Waals surface area contributed by atoms with Gasteiger partial charge in [-0.2, -0.15) is 0 Å². The van der Waals surface area contributed by atoms with Crippen molar-refractivity contribution in [3.63, 3.8) is 0 Å². The minimum absolute atomic E-state index is 0. The summed E-state index contributed by atoms with van der Waals surface area (Å²) in [7, 11) is 3.31. The van der Waals surface area contributed by atoms with E-state index in [2.05, 4.69) is 56.8 Å². The second kappa shape index (κ2) is 31.2. The van der Waals surface area contributed by atoms with Gasteiger partial charge in [-0.3, -0.25) is 4.79 Å². The van der Waals surface area contributed by atoms with E-state index in [1.54, 1.807) is 38.4 Å². The van der Waals surface area contributed by atoms with Crippen molar-refractivity contribution in [1.82, 2.24) is 30.4 Å². The van der Waals surface area contributed by atoms with E-state index in [0.29, 0.717) is 50.7 Å². The second-order valence-corrected chi connectivity index (χ2v) is 16.5. The zero-order valence-corrected chi connectivity index (χ0v) is 38.9. The molecule has 0 aliphatic heterocycles. The molecular formula is C46H75ClN8O9. The van der Waals surface area contributed by atoms with Crippen molar-refractivity contribution in [2.45, 2.75) is 118 Å². The molecule has 1 aromatic heterocycles. The Balaban J connectivity index is 0.000000721. The van der Waals surface area contributed by atoms with Crippen LogP contribution in [0.5, 0.6) is 5.75 Å². The fourth-order valence-corrected chi connectivity index (χ4v) is 6.26. The predicted molar refractivity (Wildman–Crippen MR) is 253 cm³/mol. The fourth-order valence-electron chi connectivity index (χ4n) is 6.13. The third-order valence-electron chi connectivity index (χ3n) is 9.51. The third kappa shape index (κ3) is 23.8. The Morgan fingerprint density at radius 3 is 2.27 bits per heavy atom. The van der Waals surface area contributed by atoms with Gasteiger partial charge < -0.3 is 61.0 Å². The molecule has 64 heavy (non-hydrogen) atoms. The molecule has 17 nitrogen and oxygen atoms in total. The van der Waals surface area contributed by atoms with Gasteiger partial charge in [-0.15, -0.1) is 0 Å². The van der Waals surface area contributed by atoms with Crippen LogP contribution in [0.15, 0.2) is 48.5 Å². The summed E-state index contributed by atoms with van der Waals surface area (Å²) in [6.07, 6.45) is 4.33. The highest BCUT2D eigenvalue weighted by molar-refractivity contribution is 6.31. The van der Waals surface area contributed by atoms with Crippen molar-refractivity contribution in [3.05, 3.63) is 76.1 Å². The second-order valence-electron chi connectivity index (χ2n) is 16.2. The van der Waals surface area contributed by atoms with E-state index in [0.717, 1.165) is 50.6 Å². The molecule has 0 spiro atoms. The number of nitrogens with two attached hydrogens (primary N) is 1. The highest BCUT2D eigenvalue weighted by Crippen LogP contribution is 2.20. The smallest absolute Gasteiger partial charge is 0.412 e. The largest absolute Gasteiger partial charge is 0.444 e. The number of carbonyl (C=O) groups is 3. The molecule has 8 N–H and O–H groups in total. The van der Waals surface area contributed by atoms with Gasteiger partial charge in [0.25, 0.3) is 5.91 Å². The number of benzene rings is 2. The molecule has 0 saturated heterocycles. The molecule has 360 valence electrons. The first kappa shape index (κ1) is 57.2. The average molecular weight is 920 g/mol. The topological polar surface area (TPSA) is 234 Å². The number of amides is 3. The standard InChI is InChI=1S/C29H51N3O8.C16H20ClN5O.CH4/c1-6-7-8-9-16-32(17-14-24(34)19-25(35)21-38-22-33)18-15-30-27(36)39-26-12-10-23(11-13-26)20-31(5)28(37)40-29(2,3)4;1-10-6-3-4-7-11(10)8-5-9-20-16(23)12-15(19-2)22-14(18)13(17)21-12;/h10-13,24-25,33-35H,6-9,14-22H2,1-5H3,(H,30,36);3-4,6-7H,5,8-9H2,1-2H3,(H,20,23)(H3,18,19,22);1H4. The van der Waals surface area contributed by atoms with Crippen LogP contribution in [-0.4, -0.2) is 131 Å². The number of hydrogen-bond donors (Lipinski definition) is 7. The molecular weight excluding hydrogens is 844 g/mol. The van der Waals surface area contributed by atoms with Gasteiger partial charge in [0, 0.05) is 53.2 Å². The average Bonchev–Trinajstić information content (AvgIpc) is 3.23. The van der Waals surface area contributed by atoms with Crippen LogP contribution in [0.2, 0.25) is 5.15 Å². The summed E-state index contributed by atoms with van der Waals surface area (Å²) < 4.78 is 15.5. The van der Waals surface area contributed by atoms with Crippen molar-refractivity contribution in [1.29, 1.82) is 0 Å². The van der Waals surface area contributed by atoms with Crippen molar-refractivity contribution in [3.8, 4) is 5.75 Å². The first-order valence-corrected chi connectivity index (χ1v) is 21.9. The monoisotopic (exact) mass is 919 g/mol. The van der Waals surface area contributed by atoms with Crippen molar-refractivity contribution in [2.24, 2.45) is 0 Å². The van der Waals surface area contributed by atoms with Gasteiger partial charge in [0.1, 0.15) is 18.1 Å². The quantitative estimate of drug-likeness (QED) is 0.0353. The van der Waals surface area contributed by atoms with E-state index in [4.69, 9.17) is 36.7 Å². The molecule has 3 amide bonds. The number of unbranched alkanes of at least 4 members (excludes halogenated alkanes) is 3. The molecule has 18 heteroatoms. The number of nitrogens with zero attached hydrogens (tertiary/aromatic N) is 4. The number of aromatic nitrogens is 2. The molecule has 0 aliphatic carbocycles. The van der Waals surface area contributed by atoms with E-state index < -0.39 is 36.8 Å². The Morgan fingerprint density at radius 1 is 0.922 bits per heavy atom. The van der Waals surface area contributed by atoms with Gasteiger partial charge in [-0.1, -0.05) is 81.6 Å². The zero-order valence-electron chi connectivity index (χ0n) is 38.1. The van der Waals surface area contributed by atoms with Gasteiger partial charge in [-0.25, -0.2) is 19.6 Å². The Hall–Kier alpha value is -4.78. The SMILES string of the molecule is C.CCCCCCN(CCNC(=O)Oc1ccc(CN(C)C(=O)OC(C)(C)C)cc1)CCC(O)CC(O)COCO.CNc1nc(N)c(Cl)nc1C(=O)NCCCc1ccccc1C. The van der Waals surface area contributed by atoms with E-state index in [1.165, 1.54) is 16.0 Å². The number of rotatable bonds is 25. The maximum Gasteiger partial charge on any atom is 0.412 e. The number of halogens is 1. The maximum atomic E-state index is 12.3. The molecule has 0 fully saturated rings. The maximum absolute atomic E-state index is 12.3. The molecule has 0 bridgehead atoms. The summed E-state index contributed by atoms with van der Waals surface area (Å²) in [5.74, 6) is 0.466. The molecule has 3 rings (SSSR count). The summed E-state index contributed by atoms with van der Waals surface area (Å²) in [5.41, 5.74) is 8.58. The molecule has 3 aromatic rings. The molecule has 1 heterocycles. The number of nitrogens with one attached hydrogen (secondary N) is 3. The minimum atomic E-state index is -0.837. The van der Waals surface area contributed by atoms with Gasteiger partial charge in [0.05, 0.1) is 18.8 Å². The van der Waals surface area contributed by atoms with Crippen molar-refractivity contribution < 1.29 is 43.9 Å². The van der Waals surface area contributed by atoms with Crippen molar-refractivity contribution >= 4 is 41.3 Å². The number of aliphatic hydroxyl groups is 3. The van der Waals surface area contributed by atoms with E-state index >= 15 is 0 Å². The Bertz CT molecular complexity index is 1800. The highest BCUT2D eigenvalue weighted by atomic mass is 35.5. The molecule has 0 radical (unpaired) electrons. The summed E-state index contributed by atoms with van der Waals surface area (Å²) in [6.45, 7) is 12.6. The van der Waals surface area contributed by atoms with Crippen LogP contribution < -0.4 is 26.4 Å². The predicted octanol–water partition coefficient (Wildman–Crippen LogP) is 6.55.